The molecule has 0 aliphatic heterocycles. The van der Waals surface area contributed by atoms with E-state index < -0.39 is 11.6 Å². The number of anilines is 2. The molecule has 0 bridgehead atoms. The lowest BCUT2D eigenvalue weighted by atomic mass is 9.93. The summed E-state index contributed by atoms with van der Waals surface area (Å²) in [5.74, 6) is -1.27. The van der Waals surface area contributed by atoms with Gasteiger partial charge in [0.25, 0.3) is 0 Å². The van der Waals surface area contributed by atoms with Crippen molar-refractivity contribution in [1.29, 1.82) is 0 Å². The number of phenols is 1. The number of ketones is 1. The fraction of sp³-hybridized carbons (Fsp3) is 0.267. The lowest BCUT2D eigenvalue weighted by molar-refractivity contribution is 0.0923. The Kier molecular flexibility index (Phi) is 7.13. The Bertz CT molecular complexity index is 1440. The summed E-state index contributed by atoms with van der Waals surface area (Å²) in [6, 6.07) is 16.5. The number of carbonyl (C=O) groups excluding carboxylic acids is 1. The quantitative estimate of drug-likeness (QED) is 0.247. The Morgan fingerprint density at radius 1 is 1.08 bits per heavy atom. The summed E-state index contributed by atoms with van der Waals surface area (Å²) in [5.41, 5.74) is 5.23. The minimum Gasteiger partial charge on any atom is -0.504 e. The molecule has 37 heavy (non-hydrogen) atoms. The number of carbonyl (C=O) groups is 1. The van der Waals surface area contributed by atoms with E-state index in [1.807, 2.05) is 44.4 Å². The minimum absolute atomic E-state index is 0.00421. The normalized spacial score (nSPS) is 14.0. The van der Waals surface area contributed by atoms with Crippen molar-refractivity contribution in [3.63, 3.8) is 0 Å². The van der Waals surface area contributed by atoms with Crippen LogP contribution in [-0.2, 0) is 6.54 Å². The van der Waals surface area contributed by atoms with Gasteiger partial charge in [-0.2, -0.15) is 0 Å². The van der Waals surface area contributed by atoms with Crippen molar-refractivity contribution < 1.29 is 14.3 Å². The molecule has 0 radical (unpaired) electrons. The van der Waals surface area contributed by atoms with Gasteiger partial charge in [0.05, 0.1) is 21.8 Å². The maximum Gasteiger partial charge on any atom is 0.170 e. The summed E-state index contributed by atoms with van der Waals surface area (Å²) in [6.07, 6.45) is 5.57. The molecule has 190 valence electrons. The predicted octanol–water partition coefficient (Wildman–Crippen LogP) is 7.58. The lowest BCUT2D eigenvalue weighted by Gasteiger charge is -2.18. The molecule has 0 spiro atoms. The van der Waals surface area contributed by atoms with Gasteiger partial charge in [-0.3, -0.25) is 9.78 Å². The molecule has 0 saturated heterocycles. The second kappa shape index (κ2) is 10.5. The van der Waals surface area contributed by atoms with Crippen molar-refractivity contribution in [2.75, 3.05) is 19.4 Å². The Balaban J connectivity index is 1.62. The number of Topliss-reactive ketones (excluding diaryl/α,β-unsaturated/α-hetero) is 1. The number of benzene rings is 3. The first-order valence-corrected chi connectivity index (χ1v) is 12.8. The Morgan fingerprint density at radius 2 is 1.81 bits per heavy atom. The molecule has 1 heterocycles. The Morgan fingerprint density at radius 3 is 2.49 bits per heavy atom. The molecule has 1 aromatic heterocycles. The Labute approximate surface area is 220 Å². The van der Waals surface area contributed by atoms with Crippen LogP contribution in [0.4, 0.5) is 15.8 Å². The van der Waals surface area contributed by atoms with E-state index in [1.54, 1.807) is 6.20 Å². The number of hydrogen-bond donors (Lipinski definition) is 2. The minimum atomic E-state index is -0.790. The third-order valence-electron chi connectivity index (χ3n) is 6.93. The van der Waals surface area contributed by atoms with Gasteiger partial charge in [0, 0.05) is 29.7 Å². The fourth-order valence-electron chi connectivity index (χ4n) is 5.04. The first-order valence-electron chi connectivity index (χ1n) is 12.5. The zero-order valence-corrected chi connectivity index (χ0v) is 21.6. The number of pyridine rings is 1. The molecule has 1 fully saturated rings. The van der Waals surface area contributed by atoms with Crippen LogP contribution in [0.25, 0.3) is 22.0 Å². The number of phenolic OH excluding ortho intramolecular Hbond substituents is 1. The van der Waals surface area contributed by atoms with Gasteiger partial charge in [0.2, 0.25) is 0 Å². The lowest BCUT2D eigenvalue weighted by Crippen LogP contribution is -2.14. The van der Waals surface area contributed by atoms with Crippen LogP contribution in [-0.4, -0.2) is 34.9 Å². The van der Waals surface area contributed by atoms with E-state index in [9.17, 15) is 14.3 Å². The molecule has 1 aliphatic rings. The second-order valence-corrected chi connectivity index (χ2v) is 10.4. The highest BCUT2D eigenvalue weighted by molar-refractivity contribution is 6.32. The van der Waals surface area contributed by atoms with E-state index >= 15 is 0 Å². The van der Waals surface area contributed by atoms with Gasteiger partial charge < -0.3 is 15.3 Å². The van der Waals surface area contributed by atoms with Crippen molar-refractivity contribution in [2.45, 2.75) is 32.2 Å². The van der Waals surface area contributed by atoms with Crippen LogP contribution < -0.4 is 5.32 Å². The largest absolute Gasteiger partial charge is 0.504 e. The van der Waals surface area contributed by atoms with E-state index in [0.717, 1.165) is 43.3 Å². The summed E-state index contributed by atoms with van der Waals surface area (Å²) >= 11 is 6.05. The number of aromatic hydroxyl groups is 1. The highest BCUT2D eigenvalue weighted by Gasteiger charge is 2.27. The third-order valence-corrected chi connectivity index (χ3v) is 7.22. The maximum atomic E-state index is 14.3. The predicted molar refractivity (Wildman–Crippen MR) is 147 cm³/mol. The van der Waals surface area contributed by atoms with Gasteiger partial charge in [0.1, 0.15) is 0 Å². The van der Waals surface area contributed by atoms with Gasteiger partial charge in [-0.25, -0.2) is 4.39 Å². The van der Waals surface area contributed by atoms with Crippen molar-refractivity contribution in [3.8, 4) is 16.9 Å². The molecule has 1 saturated carbocycles. The SMILES string of the molecule is CN(C)Cc1ccc(Nc2c(C(=O)C3CCCC3)cnc3ccc(-c4cc(F)c(O)c(Cl)c4)cc23)cc1. The van der Waals surface area contributed by atoms with Crippen molar-refractivity contribution in [1.82, 2.24) is 9.88 Å². The van der Waals surface area contributed by atoms with Crippen LogP contribution in [0.15, 0.2) is 60.8 Å². The number of hydrogen-bond acceptors (Lipinski definition) is 5. The number of rotatable bonds is 7. The average Bonchev–Trinajstić information content (AvgIpc) is 3.42. The highest BCUT2D eigenvalue weighted by atomic mass is 35.5. The summed E-state index contributed by atoms with van der Waals surface area (Å²) in [5, 5.41) is 13.9. The maximum absolute atomic E-state index is 14.3. The number of halogens is 2. The first kappa shape index (κ1) is 25.2. The van der Waals surface area contributed by atoms with E-state index in [0.29, 0.717) is 27.9 Å². The van der Waals surface area contributed by atoms with E-state index in [-0.39, 0.29) is 16.7 Å². The molecule has 7 heteroatoms. The van der Waals surface area contributed by atoms with Crippen LogP contribution >= 0.6 is 11.6 Å². The summed E-state index contributed by atoms with van der Waals surface area (Å²) in [7, 11) is 4.06. The number of fused-ring (bicyclic) bond motifs is 1. The zero-order chi connectivity index (χ0) is 26.1. The smallest absolute Gasteiger partial charge is 0.170 e. The van der Waals surface area contributed by atoms with Crippen LogP contribution in [0.3, 0.4) is 0 Å². The first-order chi connectivity index (χ1) is 17.8. The molecular weight excluding hydrogens is 489 g/mol. The number of nitrogens with zero attached hydrogens (tertiary/aromatic N) is 2. The van der Waals surface area contributed by atoms with E-state index in [4.69, 9.17) is 11.6 Å². The van der Waals surface area contributed by atoms with Crippen molar-refractivity contribution in [2.24, 2.45) is 5.92 Å². The standard InChI is InChI=1S/C30H29ClFN3O2/c1-35(2)17-18-7-10-22(11-8-18)34-28-23-13-20(21-14-25(31)30(37)26(32)15-21)9-12-27(23)33-16-24(28)29(36)19-5-3-4-6-19/h7-16,19,37H,3-6,17H2,1-2H3,(H,33,34). The van der Waals surface area contributed by atoms with E-state index in [2.05, 4.69) is 27.3 Å². The van der Waals surface area contributed by atoms with Gasteiger partial charge in [-0.15, -0.1) is 0 Å². The van der Waals surface area contributed by atoms with Crippen LogP contribution in [0.5, 0.6) is 5.75 Å². The third kappa shape index (κ3) is 5.31. The molecule has 2 N–H and O–H groups in total. The second-order valence-electron chi connectivity index (χ2n) is 9.97. The highest BCUT2D eigenvalue weighted by Crippen LogP contribution is 2.38. The Hall–Kier alpha value is -3.48. The molecule has 5 rings (SSSR count). The molecule has 5 nitrogen and oxygen atoms in total. The molecule has 0 unspecified atom stereocenters. The van der Waals surface area contributed by atoms with Crippen molar-refractivity contribution >= 4 is 39.7 Å². The monoisotopic (exact) mass is 517 g/mol. The van der Waals surface area contributed by atoms with Gasteiger partial charge in [-0.1, -0.05) is 42.6 Å². The summed E-state index contributed by atoms with van der Waals surface area (Å²) in [6.45, 7) is 0.832. The fourth-order valence-corrected chi connectivity index (χ4v) is 5.24. The molecule has 1 aliphatic carbocycles. The molecule has 0 amide bonds. The zero-order valence-electron chi connectivity index (χ0n) is 20.9. The number of nitrogens with one attached hydrogen (secondary N) is 1. The van der Waals surface area contributed by atoms with Crippen LogP contribution in [0.1, 0.15) is 41.6 Å². The molecular formula is C30H29ClFN3O2. The summed E-state index contributed by atoms with van der Waals surface area (Å²) < 4.78 is 14.3. The van der Waals surface area contributed by atoms with Crippen molar-refractivity contribution in [3.05, 3.63) is 82.8 Å². The van der Waals surface area contributed by atoms with E-state index in [1.165, 1.54) is 17.7 Å². The van der Waals surface area contributed by atoms with Crippen LogP contribution in [0, 0.1) is 11.7 Å². The molecule has 4 aromatic rings. The molecule has 3 aromatic carbocycles. The van der Waals surface area contributed by atoms with Gasteiger partial charge in [-0.05, 0) is 80.0 Å². The van der Waals surface area contributed by atoms with Gasteiger partial charge >= 0.3 is 0 Å². The topological polar surface area (TPSA) is 65.5 Å². The molecule has 0 atom stereocenters. The summed E-state index contributed by atoms with van der Waals surface area (Å²) in [4.78, 5) is 20.3. The average molecular weight is 518 g/mol. The van der Waals surface area contributed by atoms with Crippen LogP contribution in [0.2, 0.25) is 5.02 Å². The van der Waals surface area contributed by atoms with Gasteiger partial charge in [0.15, 0.2) is 17.3 Å². The number of aromatic nitrogens is 1.